The zero-order valence-corrected chi connectivity index (χ0v) is 10.2. The maximum absolute atomic E-state index is 11.7. The highest BCUT2D eigenvalue weighted by atomic mass is 16.4. The average Bonchev–Trinajstić information content (AvgIpc) is 2.79. The number of aliphatic carboxylic acids is 2. The molecule has 1 aromatic rings. The molecule has 9 nitrogen and oxygen atoms in total. The summed E-state index contributed by atoms with van der Waals surface area (Å²) in [5.74, 6) is -2.70. The number of H-pyrrole nitrogens is 1. The lowest BCUT2D eigenvalue weighted by molar-refractivity contribution is -0.145. The fraction of sp³-hybridized carbons (Fsp3) is 0.400. The second-order valence-electron chi connectivity index (χ2n) is 3.90. The van der Waals surface area contributed by atoms with E-state index in [0.717, 1.165) is 5.56 Å². The Hall–Kier alpha value is -2.58. The molecule has 1 atom stereocenters. The third-order valence-corrected chi connectivity index (χ3v) is 2.30. The molecular formula is C10H14N4O5. The Morgan fingerprint density at radius 3 is 2.63 bits per heavy atom. The highest BCUT2D eigenvalue weighted by Crippen LogP contribution is 2.01. The van der Waals surface area contributed by atoms with Crippen molar-refractivity contribution >= 4 is 18.0 Å². The van der Waals surface area contributed by atoms with Gasteiger partial charge >= 0.3 is 18.0 Å². The Labute approximate surface area is 108 Å². The SMILES string of the molecule is CN(Cc1cn[nH]c1)C(=O)NC(CC(=O)O)C(=O)O. The summed E-state index contributed by atoms with van der Waals surface area (Å²) in [6, 6.07) is -2.13. The van der Waals surface area contributed by atoms with Crippen LogP contribution in [0.3, 0.4) is 0 Å². The van der Waals surface area contributed by atoms with Gasteiger partial charge in [0.15, 0.2) is 0 Å². The van der Waals surface area contributed by atoms with Crippen molar-refractivity contribution in [2.45, 2.75) is 19.0 Å². The lowest BCUT2D eigenvalue weighted by Gasteiger charge is -2.20. The van der Waals surface area contributed by atoms with Gasteiger partial charge in [0.2, 0.25) is 0 Å². The smallest absolute Gasteiger partial charge is 0.326 e. The first-order chi connectivity index (χ1) is 8.90. The highest BCUT2D eigenvalue weighted by molar-refractivity contribution is 5.86. The first-order valence-corrected chi connectivity index (χ1v) is 5.34. The molecule has 1 rings (SSSR count). The van der Waals surface area contributed by atoms with E-state index in [4.69, 9.17) is 10.2 Å². The van der Waals surface area contributed by atoms with Crippen LogP contribution in [0.25, 0.3) is 0 Å². The fourth-order valence-electron chi connectivity index (χ4n) is 1.34. The van der Waals surface area contributed by atoms with Crippen molar-refractivity contribution in [2.24, 2.45) is 0 Å². The summed E-state index contributed by atoms with van der Waals surface area (Å²) in [6.07, 6.45) is 2.44. The summed E-state index contributed by atoms with van der Waals surface area (Å²) >= 11 is 0. The Morgan fingerprint density at radius 2 is 2.16 bits per heavy atom. The van der Waals surface area contributed by atoms with Gasteiger partial charge in [0.25, 0.3) is 0 Å². The first kappa shape index (κ1) is 14.5. The summed E-state index contributed by atoms with van der Waals surface area (Å²) in [7, 11) is 1.46. The van der Waals surface area contributed by atoms with Crippen LogP contribution >= 0.6 is 0 Å². The minimum absolute atomic E-state index is 0.224. The second kappa shape index (κ2) is 6.38. The number of aromatic nitrogens is 2. The van der Waals surface area contributed by atoms with Gasteiger partial charge in [-0.3, -0.25) is 9.89 Å². The predicted octanol–water partition coefficient (Wildman–Crippen LogP) is -0.521. The van der Waals surface area contributed by atoms with Crippen molar-refractivity contribution in [1.29, 1.82) is 0 Å². The average molecular weight is 270 g/mol. The van der Waals surface area contributed by atoms with E-state index in [2.05, 4.69) is 15.5 Å². The lowest BCUT2D eigenvalue weighted by Crippen LogP contribution is -2.47. The number of carboxylic acid groups (broad SMARTS) is 2. The topological polar surface area (TPSA) is 136 Å². The molecule has 0 radical (unpaired) electrons. The van der Waals surface area contributed by atoms with Crippen LogP contribution in [0.1, 0.15) is 12.0 Å². The highest BCUT2D eigenvalue weighted by Gasteiger charge is 2.24. The van der Waals surface area contributed by atoms with Crippen LogP contribution in [0.15, 0.2) is 12.4 Å². The standard InChI is InChI=1S/C10H14N4O5/c1-14(5-6-3-11-12-4-6)10(19)13-7(9(17)18)2-8(15)16/h3-4,7H,2,5H2,1H3,(H,11,12)(H,13,19)(H,15,16)(H,17,18). The Morgan fingerprint density at radius 1 is 1.47 bits per heavy atom. The molecule has 1 unspecified atom stereocenters. The third kappa shape index (κ3) is 4.66. The Bertz CT molecular complexity index is 458. The third-order valence-electron chi connectivity index (χ3n) is 2.30. The maximum Gasteiger partial charge on any atom is 0.326 e. The number of rotatable bonds is 6. The number of hydrogen-bond donors (Lipinski definition) is 4. The first-order valence-electron chi connectivity index (χ1n) is 5.34. The number of nitrogens with zero attached hydrogens (tertiary/aromatic N) is 2. The van der Waals surface area contributed by atoms with Crippen LogP contribution in [0.4, 0.5) is 4.79 Å². The van der Waals surface area contributed by atoms with Crippen molar-refractivity contribution < 1.29 is 24.6 Å². The molecule has 4 N–H and O–H groups in total. The van der Waals surface area contributed by atoms with Crippen LogP contribution in [0, 0.1) is 0 Å². The van der Waals surface area contributed by atoms with Gasteiger partial charge in [0, 0.05) is 18.8 Å². The summed E-state index contributed by atoms with van der Waals surface area (Å²) in [5, 5.41) is 25.8. The fourth-order valence-corrected chi connectivity index (χ4v) is 1.34. The van der Waals surface area contributed by atoms with Gasteiger partial charge in [0.05, 0.1) is 19.2 Å². The summed E-state index contributed by atoms with van der Waals surface area (Å²) in [5.41, 5.74) is 0.739. The van der Waals surface area contributed by atoms with E-state index in [1.807, 2.05) is 0 Å². The lowest BCUT2D eigenvalue weighted by atomic mass is 10.2. The summed E-state index contributed by atoms with van der Waals surface area (Å²) in [6.45, 7) is 0.224. The van der Waals surface area contributed by atoms with Crippen molar-refractivity contribution in [3.05, 3.63) is 18.0 Å². The molecule has 2 amide bonds. The van der Waals surface area contributed by atoms with Crippen molar-refractivity contribution in [3.63, 3.8) is 0 Å². The van der Waals surface area contributed by atoms with Crippen LogP contribution in [-0.4, -0.2) is 56.4 Å². The van der Waals surface area contributed by atoms with Gasteiger partial charge in [-0.05, 0) is 0 Å². The molecule has 0 saturated carbocycles. The molecular weight excluding hydrogens is 256 g/mol. The number of carbonyl (C=O) groups excluding carboxylic acids is 1. The zero-order chi connectivity index (χ0) is 14.4. The Kier molecular flexibility index (Phi) is 4.86. The molecule has 0 aliphatic heterocycles. The number of hydrogen-bond acceptors (Lipinski definition) is 4. The molecule has 0 spiro atoms. The van der Waals surface area contributed by atoms with E-state index >= 15 is 0 Å². The predicted molar refractivity (Wildman–Crippen MR) is 62.3 cm³/mol. The molecule has 0 saturated heterocycles. The van der Waals surface area contributed by atoms with Gasteiger partial charge < -0.3 is 20.4 Å². The van der Waals surface area contributed by atoms with Crippen LogP contribution in [0.2, 0.25) is 0 Å². The van der Waals surface area contributed by atoms with Gasteiger partial charge in [0.1, 0.15) is 6.04 Å². The van der Waals surface area contributed by atoms with Crippen molar-refractivity contribution in [3.8, 4) is 0 Å². The van der Waals surface area contributed by atoms with Gasteiger partial charge in [-0.25, -0.2) is 9.59 Å². The Balaban J connectivity index is 2.56. The van der Waals surface area contributed by atoms with Crippen molar-refractivity contribution in [2.75, 3.05) is 7.05 Å². The van der Waals surface area contributed by atoms with E-state index in [1.165, 1.54) is 18.1 Å². The number of amides is 2. The summed E-state index contributed by atoms with van der Waals surface area (Å²) < 4.78 is 0. The minimum Gasteiger partial charge on any atom is -0.481 e. The van der Waals surface area contributed by atoms with Gasteiger partial charge in [-0.2, -0.15) is 5.10 Å². The molecule has 9 heteroatoms. The van der Waals surface area contributed by atoms with E-state index < -0.39 is 30.4 Å². The van der Waals surface area contributed by atoms with Crippen LogP contribution in [-0.2, 0) is 16.1 Å². The number of carboxylic acids is 2. The molecule has 19 heavy (non-hydrogen) atoms. The van der Waals surface area contributed by atoms with Gasteiger partial charge in [-0.1, -0.05) is 0 Å². The molecule has 0 aliphatic rings. The van der Waals surface area contributed by atoms with E-state index in [9.17, 15) is 14.4 Å². The second-order valence-corrected chi connectivity index (χ2v) is 3.90. The zero-order valence-electron chi connectivity index (χ0n) is 10.2. The van der Waals surface area contributed by atoms with E-state index in [1.54, 1.807) is 6.20 Å². The summed E-state index contributed by atoms with van der Waals surface area (Å²) in [4.78, 5) is 34.2. The number of nitrogens with one attached hydrogen (secondary N) is 2. The molecule has 0 aromatic carbocycles. The van der Waals surface area contributed by atoms with Gasteiger partial charge in [-0.15, -0.1) is 0 Å². The molecule has 1 heterocycles. The van der Waals surface area contributed by atoms with E-state index in [0.29, 0.717) is 0 Å². The number of urea groups is 1. The number of carbonyl (C=O) groups is 3. The number of aromatic amines is 1. The minimum atomic E-state index is -1.46. The largest absolute Gasteiger partial charge is 0.481 e. The van der Waals surface area contributed by atoms with Crippen LogP contribution in [0.5, 0.6) is 0 Å². The molecule has 1 aromatic heterocycles. The maximum atomic E-state index is 11.7. The molecule has 0 bridgehead atoms. The normalized spacial score (nSPS) is 11.6. The molecule has 0 aliphatic carbocycles. The monoisotopic (exact) mass is 270 g/mol. The molecule has 104 valence electrons. The van der Waals surface area contributed by atoms with E-state index in [-0.39, 0.29) is 6.54 Å². The molecule has 0 fully saturated rings. The van der Waals surface area contributed by atoms with Crippen LogP contribution < -0.4 is 5.32 Å². The van der Waals surface area contributed by atoms with Crippen molar-refractivity contribution in [1.82, 2.24) is 20.4 Å². The quantitative estimate of drug-likeness (QED) is 0.549.